The Labute approximate surface area is 136 Å². The molecule has 0 bridgehead atoms. The molecule has 124 valence electrons. The fourth-order valence-electron chi connectivity index (χ4n) is 2.44. The van der Waals surface area contributed by atoms with Gasteiger partial charge < -0.3 is 19.5 Å². The van der Waals surface area contributed by atoms with E-state index >= 15 is 0 Å². The van der Waals surface area contributed by atoms with Gasteiger partial charge >= 0.3 is 0 Å². The van der Waals surface area contributed by atoms with Crippen molar-refractivity contribution in [3.05, 3.63) is 52.6 Å². The first kappa shape index (κ1) is 17.0. The number of likely N-dealkylation sites (N-methyl/N-ethyl adjacent to an activating group) is 1. The number of hydrogen-bond donors (Lipinski definition) is 1. The topological polar surface area (TPSA) is 59.4 Å². The van der Waals surface area contributed by atoms with Crippen molar-refractivity contribution in [1.82, 2.24) is 14.5 Å². The third-order valence-electron chi connectivity index (χ3n) is 3.84. The predicted molar refractivity (Wildman–Crippen MR) is 92.1 cm³/mol. The summed E-state index contributed by atoms with van der Waals surface area (Å²) in [5.41, 5.74) is 1.05. The first-order chi connectivity index (χ1) is 11.1. The largest absolute Gasteiger partial charge is 0.497 e. The first-order valence-electron chi connectivity index (χ1n) is 7.66. The number of anilines is 1. The summed E-state index contributed by atoms with van der Waals surface area (Å²) in [5.74, 6) is 1.21. The summed E-state index contributed by atoms with van der Waals surface area (Å²) in [5, 5.41) is 3.18. The molecule has 0 amide bonds. The highest BCUT2D eigenvalue weighted by Gasteiger charge is 2.15. The first-order valence-corrected chi connectivity index (χ1v) is 7.66. The molecule has 1 aromatic heterocycles. The summed E-state index contributed by atoms with van der Waals surface area (Å²) in [4.78, 5) is 18.5. The zero-order valence-electron chi connectivity index (χ0n) is 14.1. The Balaban J connectivity index is 2.15. The van der Waals surface area contributed by atoms with Crippen LogP contribution in [0.2, 0.25) is 0 Å². The van der Waals surface area contributed by atoms with Crippen molar-refractivity contribution >= 4 is 5.82 Å². The minimum atomic E-state index is -0.0952. The van der Waals surface area contributed by atoms with Crippen molar-refractivity contribution in [2.45, 2.75) is 19.5 Å². The van der Waals surface area contributed by atoms with Crippen LogP contribution in [0.15, 0.2) is 41.5 Å². The maximum Gasteiger partial charge on any atom is 0.293 e. The SMILES string of the molecule is CCn1ccnc(NCC(c2ccc(OC)cc2)N(C)C)c1=O. The van der Waals surface area contributed by atoms with Gasteiger partial charge in [0.15, 0.2) is 5.82 Å². The van der Waals surface area contributed by atoms with Gasteiger partial charge in [0.25, 0.3) is 5.56 Å². The summed E-state index contributed by atoms with van der Waals surface area (Å²) in [6, 6.07) is 8.08. The van der Waals surface area contributed by atoms with Crippen LogP contribution in [0.1, 0.15) is 18.5 Å². The van der Waals surface area contributed by atoms with Gasteiger partial charge in [-0.2, -0.15) is 0 Å². The van der Waals surface area contributed by atoms with Crippen molar-refractivity contribution in [2.24, 2.45) is 0 Å². The molecule has 1 atom stereocenters. The van der Waals surface area contributed by atoms with E-state index in [9.17, 15) is 4.79 Å². The predicted octanol–water partition coefficient (Wildman–Crippen LogP) is 1.99. The molecule has 0 spiro atoms. The van der Waals surface area contributed by atoms with Crippen molar-refractivity contribution in [3.8, 4) is 5.75 Å². The lowest BCUT2D eigenvalue weighted by atomic mass is 10.1. The highest BCUT2D eigenvalue weighted by atomic mass is 16.5. The second-order valence-corrected chi connectivity index (χ2v) is 5.50. The van der Waals surface area contributed by atoms with Crippen LogP contribution in [0.4, 0.5) is 5.82 Å². The number of nitrogens with one attached hydrogen (secondary N) is 1. The van der Waals surface area contributed by atoms with E-state index in [0.29, 0.717) is 18.9 Å². The summed E-state index contributed by atoms with van der Waals surface area (Å²) in [6.45, 7) is 3.16. The number of aromatic nitrogens is 2. The average Bonchev–Trinajstić information content (AvgIpc) is 2.56. The van der Waals surface area contributed by atoms with Gasteiger partial charge in [0.2, 0.25) is 0 Å². The molecule has 2 aromatic rings. The molecule has 0 aliphatic carbocycles. The number of methoxy groups -OCH3 is 1. The molecule has 0 aliphatic heterocycles. The van der Waals surface area contributed by atoms with E-state index in [-0.39, 0.29) is 11.6 Å². The minimum absolute atomic E-state index is 0.0952. The average molecular weight is 316 g/mol. The van der Waals surface area contributed by atoms with Crippen LogP contribution < -0.4 is 15.6 Å². The van der Waals surface area contributed by atoms with E-state index < -0.39 is 0 Å². The highest BCUT2D eigenvalue weighted by Crippen LogP contribution is 2.21. The van der Waals surface area contributed by atoms with Crippen LogP contribution in [-0.4, -0.2) is 42.2 Å². The lowest BCUT2D eigenvalue weighted by Crippen LogP contribution is -2.30. The second kappa shape index (κ2) is 7.78. The second-order valence-electron chi connectivity index (χ2n) is 5.50. The van der Waals surface area contributed by atoms with E-state index in [1.807, 2.05) is 45.3 Å². The standard InChI is InChI=1S/C17H24N4O2/c1-5-21-11-10-18-16(17(21)22)19-12-15(20(2)3)13-6-8-14(23-4)9-7-13/h6-11,15H,5,12H2,1-4H3,(H,18,19). The van der Waals surface area contributed by atoms with E-state index in [2.05, 4.69) is 15.2 Å². The Morgan fingerprint density at radius 2 is 2.00 bits per heavy atom. The zero-order valence-corrected chi connectivity index (χ0v) is 14.1. The normalized spacial score (nSPS) is 12.2. The van der Waals surface area contributed by atoms with Gasteiger partial charge in [-0.3, -0.25) is 4.79 Å². The monoisotopic (exact) mass is 316 g/mol. The van der Waals surface area contributed by atoms with Crippen molar-refractivity contribution in [2.75, 3.05) is 33.1 Å². The summed E-state index contributed by atoms with van der Waals surface area (Å²) >= 11 is 0. The molecule has 0 fully saturated rings. The molecular weight excluding hydrogens is 292 g/mol. The third kappa shape index (κ3) is 4.10. The molecule has 2 rings (SSSR count). The molecule has 1 heterocycles. The van der Waals surface area contributed by atoms with Gasteiger partial charge in [-0.25, -0.2) is 4.98 Å². The van der Waals surface area contributed by atoms with Crippen molar-refractivity contribution < 1.29 is 4.74 Å². The van der Waals surface area contributed by atoms with Gasteiger partial charge in [0.1, 0.15) is 5.75 Å². The number of ether oxygens (including phenoxy) is 1. The van der Waals surface area contributed by atoms with E-state index in [1.54, 1.807) is 24.1 Å². The Morgan fingerprint density at radius 1 is 1.30 bits per heavy atom. The molecule has 0 saturated carbocycles. The van der Waals surface area contributed by atoms with E-state index in [1.165, 1.54) is 0 Å². The fraction of sp³-hybridized carbons (Fsp3) is 0.412. The van der Waals surface area contributed by atoms with Gasteiger partial charge in [-0.05, 0) is 38.7 Å². The number of benzene rings is 1. The number of rotatable bonds is 7. The Kier molecular flexibility index (Phi) is 5.76. The number of hydrogen-bond acceptors (Lipinski definition) is 5. The Hall–Kier alpha value is -2.34. The van der Waals surface area contributed by atoms with Crippen LogP contribution in [0.5, 0.6) is 5.75 Å². The fourth-order valence-corrected chi connectivity index (χ4v) is 2.44. The van der Waals surface area contributed by atoms with Crippen LogP contribution in [-0.2, 0) is 6.54 Å². The molecule has 1 aromatic carbocycles. The van der Waals surface area contributed by atoms with Gasteiger partial charge in [0.05, 0.1) is 13.2 Å². The molecule has 6 nitrogen and oxygen atoms in total. The minimum Gasteiger partial charge on any atom is -0.497 e. The van der Waals surface area contributed by atoms with E-state index in [4.69, 9.17) is 4.74 Å². The van der Waals surface area contributed by atoms with E-state index in [0.717, 1.165) is 11.3 Å². The number of nitrogens with zero attached hydrogens (tertiary/aromatic N) is 3. The molecule has 23 heavy (non-hydrogen) atoms. The van der Waals surface area contributed by atoms with Crippen LogP contribution in [0.3, 0.4) is 0 Å². The quantitative estimate of drug-likeness (QED) is 0.846. The number of aryl methyl sites for hydroxylation is 1. The smallest absolute Gasteiger partial charge is 0.293 e. The highest BCUT2D eigenvalue weighted by molar-refractivity contribution is 5.34. The van der Waals surface area contributed by atoms with Crippen LogP contribution >= 0.6 is 0 Å². The van der Waals surface area contributed by atoms with Gasteiger partial charge in [-0.15, -0.1) is 0 Å². The lowest BCUT2D eigenvalue weighted by molar-refractivity contribution is 0.311. The summed E-state index contributed by atoms with van der Waals surface area (Å²) in [7, 11) is 5.68. The molecule has 0 saturated heterocycles. The summed E-state index contributed by atoms with van der Waals surface area (Å²) in [6.07, 6.45) is 3.34. The molecule has 0 radical (unpaired) electrons. The maximum atomic E-state index is 12.2. The molecule has 0 aliphatic rings. The molecule has 6 heteroatoms. The van der Waals surface area contributed by atoms with Crippen LogP contribution in [0.25, 0.3) is 0 Å². The zero-order chi connectivity index (χ0) is 16.8. The Bertz CT molecular complexity index is 680. The third-order valence-corrected chi connectivity index (χ3v) is 3.84. The van der Waals surface area contributed by atoms with Gasteiger partial charge in [0, 0.05) is 25.5 Å². The Morgan fingerprint density at radius 3 is 2.57 bits per heavy atom. The van der Waals surface area contributed by atoms with Gasteiger partial charge in [-0.1, -0.05) is 12.1 Å². The van der Waals surface area contributed by atoms with Crippen molar-refractivity contribution in [1.29, 1.82) is 0 Å². The van der Waals surface area contributed by atoms with Crippen LogP contribution in [0, 0.1) is 0 Å². The molecule has 1 unspecified atom stereocenters. The molecular formula is C17H24N4O2. The van der Waals surface area contributed by atoms with Crippen molar-refractivity contribution in [3.63, 3.8) is 0 Å². The lowest BCUT2D eigenvalue weighted by Gasteiger charge is -2.25. The molecule has 1 N–H and O–H groups in total. The summed E-state index contributed by atoms with van der Waals surface area (Å²) < 4.78 is 6.83. The maximum absolute atomic E-state index is 12.2.